The number of carboxylic acids is 1. The number of phosphoric acid groups is 3. The molecule has 0 bridgehead atoms. The van der Waals surface area contributed by atoms with Gasteiger partial charge in [0.15, 0.2) is 5.43 Å². The molecule has 2 aromatic heterocycles. The quantitative estimate of drug-likeness (QED) is 0.0107. The van der Waals surface area contributed by atoms with Gasteiger partial charge in [0.2, 0.25) is 6.54 Å². The number of phenolic OH excluding ortho intramolecular Hbond substituents is 1. The van der Waals surface area contributed by atoms with Gasteiger partial charge in [0.25, 0.3) is 5.69 Å². The molecule has 27 nitrogen and oxygen atoms in total. The number of carbonyl (C=O) groups is 1. The summed E-state index contributed by atoms with van der Waals surface area (Å²) in [6.07, 6.45) is -2.20. The summed E-state index contributed by atoms with van der Waals surface area (Å²) in [7, 11) is -17.0. The first-order valence-corrected chi connectivity index (χ1v) is 26.8. The van der Waals surface area contributed by atoms with Crippen LogP contribution in [0.3, 0.4) is 0 Å². The molecule has 398 valence electrons. The average molecular weight is 1110 g/mol. The number of nitro groups is 1. The Kier molecular flexibility index (Phi) is 15.8. The van der Waals surface area contributed by atoms with Crippen molar-refractivity contribution in [3.05, 3.63) is 133 Å². The zero-order valence-electron chi connectivity index (χ0n) is 39.4. The fraction of sp³-hybridized carbons (Fsp3) is 0.239. The predicted octanol–water partition coefficient (Wildman–Crippen LogP) is 4.55. The van der Waals surface area contributed by atoms with Crippen molar-refractivity contribution in [1.29, 1.82) is 0 Å². The van der Waals surface area contributed by atoms with Crippen molar-refractivity contribution in [1.82, 2.24) is 14.5 Å². The van der Waals surface area contributed by atoms with Gasteiger partial charge in [0, 0.05) is 58.5 Å². The van der Waals surface area contributed by atoms with Crippen LogP contribution in [0, 0.1) is 27.9 Å². The molecule has 1 fully saturated rings. The first-order chi connectivity index (χ1) is 35.8. The van der Waals surface area contributed by atoms with Crippen molar-refractivity contribution >= 4 is 68.8 Å². The summed E-state index contributed by atoms with van der Waals surface area (Å²) in [6.45, 7) is 2.23. The Morgan fingerprint density at radius 1 is 0.987 bits per heavy atom. The van der Waals surface area contributed by atoms with E-state index in [0.717, 1.165) is 6.33 Å². The number of nitrogens with one attached hydrogen (secondary N) is 1. The molecule has 30 heteroatoms. The number of nitrogens with two attached hydrogens (primary N) is 1. The summed E-state index contributed by atoms with van der Waals surface area (Å²) in [6, 6.07) is 16.7. The summed E-state index contributed by atoms with van der Waals surface area (Å²) >= 11 is 0. The van der Waals surface area contributed by atoms with Gasteiger partial charge < -0.3 is 64.2 Å². The van der Waals surface area contributed by atoms with Gasteiger partial charge in [-0.2, -0.15) is 13.6 Å². The van der Waals surface area contributed by atoms with E-state index in [4.69, 9.17) is 29.4 Å². The molecule has 2 aliphatic heterocycles. The van der Waals surface area contributed by atoms with Crippen LogP contribution in [0.4, 0.5) is 11.5 Å². The number of phosphoric ester groups is 1. The lowest BCUT2D eigenvalue weighted by molar-refractivity contribution is -0.450. The Morgan fingerprint density at radius 3 is 2.46 bits per heavy atom. The van der Waals surface area contributed by atoms with Gasteiger partial charge in [-0.3, -0.25) is 19.4 Å². The van der Waals surface area contributed by atoms with E-state index in [0.29, 0.717) is 27.5 Å². The second-order valence-electron chi connectivity index (χ2n) is 17.2. The van der Waals surface area contributed by atoms with Crippen molar-refractivity contribution < 1.29 is 95.4 Å². The lowest BCUT2D eigenvalue weighted by Gasteiger charge is -2.22. The lowest BCUT2D eigenvalue weighted by Crippen LogP contribution is -2.73. The van der Waals surface area contributed by atoms with E-state index in [2.05, 4.69) is 39.9 Å². The molecule has 6 atom stereocenters. The largest absolute Gasteiger partial charge is 0.508 e. The second-order valence-corrected chi connectivity index (χ2v) is 21.6. The molecule has 4 heterocycles. The molecule has 3 aromatic carbocycles. The molecule has 1 aliphatic carbocycles. The molecule has 1 saturated heterocycles. The summed E-state index contributed by atoms with van der Waals surface area (Å²) in [4.78, 5) is 84.8. The molecule has 0 amide bonds. The first-order valence-electron chi connectivity index (χ1n) is 22.3. The number of carboxylic acid groups (broad SMARTS) is 1. The van der Waals surface area contributed by atoms with Crippen LogP contribution in [-0.2, 0) is 42.9 Å². The summed E-state index contributed by atoms with van der Waals surface area (Å²) in [5.41, 5.74) is 7.72. The third-order valence-corrected chi connectivity index (χ3v) is 15.5. The number of nitro benzene ring substituents is 1. The fourth-order valence-corrected chi connectivity index (χ4v) is 11.5. The van der Waals surface area contributed by atoms with Crippen LogP contribution in [0.25, 0.3) is 44.5 Å². The molecule has 0 radical (unpaired) electrons. The Morgan fingerprint density at radius 2 is 1.75 bits per heavy atom. The second kappa shape index (κ2) is 21.8. The minimum absolute atomic E-state index is 0.0101. The standard InChI is InChI=1S/C46H43N6O21P3/c1-23(2)42(68-20-26-19-51(44-40(26)43(47)49-22-50-44)39-18-35(55)38(71-39)21-69-75(64,65)73-76(66,67)72-74(61,62)63)30-9-5-24(14-34(30)52(59)60)4-3-13-48-45(56)25-6-10-29(46(57)58)33(15-25)41-31-11-7-27(53)16-36(31)70-37-17-28(54)8-12-32(37)41/h5-12,14-17,19,22-23,35,38-39,42,53,55H,13,18,20-21H2,1-2H3,(H,48,56)(H,57,58)(H,64,65)(H,66,67)(H2,47,49,50)(H2,61,62,63)/p+1/t35-,38+,39+,42+/m0/s1. The molecule has 8 rings (SSSR count). The molecular weight excluding hydrogens is 1070 g/mol. The molecule has 0 saturated carbocycles. The minimum Gasteiger partial charge on any atom is -0.508 e. The zero-order valence-corrected chi connectivity index (χ0v) is 42.1. The van der Waals surface area contributed by atoms with Crippen LogP contribution >= 0.6 is 23.5 Å². The highest BCUT2D eigenvalue weighted by molar-refractivity contribution is 7.66. The highest BCUT2D eigenvalue weighted by Gasteiger charge is 2.43. The Hall–Kier alpha value is -7.24. The van der Waals surface area contributed by atoms with Gasteiger partial charge in [-0.1, -0.05) is 19.8 Å². The van der Waals surface area contributed by atoms with Crippen molar-refractivity contribution in [2.75, 3.05) is 18.9 Å². The maximum atomic E-state index is 12.6. The molecule has 11 N–H and O–H groups in total. The summed E-state index contributed by atoms with van der Waals surface area (Å²) < 4.78 is 66.7. The van der Waals surface area contributed by atoms with E-state index in [1.54, 1.807) is 19.9 Å². The summed E-state index contributed by atoms with van der Waals surface area (Å²) in [5.74, 6) is 3.63. The van der Waals surface area contributed by atoms with Crippen molar-refractivity contribution in [2.45, 2.75) is 51.4 Å². The molecule has 5 aromatic rings. The number of aliphatic hydroxyl groups is 2. The van der Waals surface area contributed by atoms with Crippen LogP contribution < -0.4 is 16.2 Å². The van der Waals surface area contributed by atoms with E-state index >= 15 is 0 Å². The normalized spacial score (nSPS) is 18.1. The van der Waals surface area contributed by atoms with E-state index in [1.165, 1.54) is 77.5 Å². The zero-order chi connectivity index (χ0) is 55.0. The number of aliphatic hydroxyl groups excluding tert-OH is 2. The number of fused-ring (bicyclic) bond motifs is 3. The predicted molar refractivity (Wildman–Crippen MR) is 264 cm³/mol. The number of hydrogen-bond donors (Lipinski definition) is 10. The fourth-order valence-electron chi connectivity index (χ4n) is 8.47. The number of rotatable bonds is 18. The highest BCUT2D eigenvalue weighted by Crippen LogP contribution is 2.66. The average Bonchev–Trinajstić information content (AvgIpc) is 3.93. The number of hydrogen-bond acceptors (Lipinski definition) is 18. The van der Waals surface area contributed by atoms with Crippen molar-refractivity contribution in [3.63, 3.8) is 0 Å². The van der Waals surface area contributed by atoms with Gasteiger partial charge >= 0.3 is 35.3 Å². The van der Waals surface area contributed by atoms with Crippen molar-refractivity contribution in [3.8, 4) is 40.0 Å². The number of aromatic nitrogens is 3. The maximum absolute atomic E-state index is 12.6. The number of benzene rings is 4. The van der Waals surface area contributed by atoms with Crippen LogP contribution in [-0.4, -0.2) is 96.7 Å². The van der Waals surface area contributed by atoms with E-state index in [-0.39, 0.29) is 98.9 Å². The van der Waals surface area contributed by atoms with Crippen LogP contribution in [0.1, 0.15) is 65.2 Å². The molecule has 2 unspecified atom stereocenters. The van der Waals surface area contributed by atoms with E-state index in [9.17, 15) is 63.6 Å². The summed E-state index contributed by atoms with van der Waals surface area (Å²) in [5, 5.41) is 55.6. The van der Waals surface area contributed by atoms with Crippen molar-refractivity contribution in [2.24, 2.45) is 5.92 Å². The number of nitrogen functional groups attached to an aromatic ring is 1. The minimum atomic E-state index is -5.81. The smallest absolute Gasteiger partial charge is 0.490 e. The highest BCUT2D eigenvalue weighted by atomic mass is 31.3. The van der Waals surface area contributed by atoms with Gasteiger partial charge in [-0.25, -0.2) is 28.5 Å². The number of ether oxygens (including phenoxy) is 2. The van der Waals surface area contributed by atoms with E-state index in [1.807, 2.05) is 0 Å². The van der Waals surface area contributed by atoms with Crippen LogP contribution in [0.5, 0.6) is 5.75 Å². The van der Waals surface area contributed by atoms with Gasteiger partial charge in [-0.15, -0.1) is 0 Å². The van der Waals surface area contributed by atoms with Gasteiger partial charge in [0.1, 0.15) is 47.2 Å². The lowest BCUT2D eigenvalue weighted by atomic mass is 9.89. The Balaban J connectivity index is 0.988. The van der Waals surface area contributed by atoms with Crippen LogP contribution in [0.15, 0.2) is 94.5 Å². The van der Waals surface area contributed by atoms with Crippen LogP contribution in [0.2, 0.25) is 0 Å². The maximum Gasteiger partial charge on any atom is 0.490 e. The number of aromatic carboxylic acids is 1. The Labute approximate surface area is 427 Å². The Bertz CT molecular complexity index is 3720. The molecule has 76 heavy (non-hydrogen) atoms. The third kappa shape index (κ3) is 12.4. The van der Waals surface area contributed by atoms with Gasteiger partial charge in [0.05, 0.1) is 52.4 Å². The number of anilines is 1. The SMILES string of the molecule is CC(C)[C@@H](OCc1cn([C@H]2C[C@H](O)[C@@H](COP(=O)(O)OP(=O)(O)OP(=O)(O)O)O2)c2ncnc(N)c12)c1ccc(C#CC[NH+]=C(O)c2ccc(C(=O)O)c(-c3c4ccc(=O)cc-4oc4cc(O)ccc34)c2)cc1[N+](=O)[O-]. The number of aromatic hydroxyl groups is 1. The van der Waals surface area contributed by atoms with Gasteiger partial charge in [-0.05, 0) is 72.0 Å². The first kappa shape index (κ1) is 55.0. The molecule has 3 aliphatic rings. The topological polar surface area (TPSA) is 420 Å². The number of phenols is 1. The molecule has 0 spiro atoms. The monoisotopic (exact) mass is 1110 g/mol. The number of nitrogens with zero attached hydrogens (tertiary/aromatic N) is 4. The van der Waals surface area contributed by atoms with E-state index < -0.39 is 65.5 Å². The third-order valence-electron chi connectivity index (χ3n) is 11.7. The molecular formula is C46H44N6O21P3+.